The molecule has 1 heterocycles. The average Bonchev–Trinajstić information content (AvgIpc) is 2.89. The Morgan fingerprint density at radius 1 is 1.25 bits per heavy atom. The van der Waals surface area contributed by atoms with Crippen molar-refractivity contribution in [2.75, 3.05) is 25.2 Å². The van der Waals surface area contributed by atoms with Gasteiger partial charge in [0.2, 0.25) is 0 Å². The number of benzene rings is 1. The lowest BCUT2D eigenvalue weighted by Crippen LogP contribution is -2.15. The second-order valence-electron chi connectivity index (χ2n) is 5.24. The van der Waals surface area contributed by atoms with Gasteiger partial charge in [0.05, 0.1) is 6.61 Å². The van der Waals surface area contributed by atoms with Gasteiger partial charge in [-0.25, -0.2) is 0 Å². The molecule has 4 heteroatoms. The van der Waals surface area contributed by atoms with Crippen LogP contribution in [0.1, 0.15) is 36.8 Å². The summed E-state index contributed by atoms with van der Waals surface area (Å²) in [5.41, 5.74) is 2.46. The maximum atomic E-state index is 6.15. The third kappa shape index (κ3) is 4.87. The molecule has 0 radical (unpaired) electrons. The lowest BCUT2D eigenvalue weighted by molar-refractivity contribution is 0.352. The molecule has 0 amide bonds. The van der Waals surface area contributed by atoms with Gasteiger partial charge in [0.1, 0.15) is 5.75 Å². The van der Waals surface area contributed by atoms with E-state index in [1.165, 1.54) is 42.6 Å². The van der Waals surface area contributed by atoms with Crippen molar-refractivity contribution in [3.8, 4) is 5.75 Å². The van der Waals surface area contributed by atoms with Crippen LogP contribution < -0.4 is 10.1 Å². The molecule has 0 aromatic heterocycles. The van der Waals surface area contributed by atoms with Crippen molar-refractivity contribution in [2.24, 2.45) is 0 Å². The van der Waals surface area contributed by atoms with Crippen LogP contribution in [-0.2, 0) is 13.0 Å². The van der Waals surface area contributed by atoms with Gasteiger partial charge >= 0.3 is 0 Å². The van der Waals surface area contributed by atoms with Gasteiger partial charge in [-0.15, -0.1) is 0 Å². The van der Waals surface area contributed by atoms with Gasteiger partial charge in [-0.2, -0.15) is 11.8 Å². The van der Waals surface area contributed by atoms with Crippen molar-refractivity contribution >= 4 is 23.4 Å². The number of halogens is 1. The van der Waals surface area contributed by atoms with Crippen LogP contribution in [0.2, 0.25) is 5.02 Å². The molecule has 0 aliphatic carbocycles. The highest BCUT2D eigenvalue weighted by Crippen LogP contribution is 2.32. The molecule has 2 rings (SSSR count). The lowest BCUT2D eigenvalue weighted by atomic mass is 10.1. The molecule has 1 aromatic carbocycles. The molecule has 1 N–H and O–H groups in total. The first kappa shape index (κ1) is 16.0. The highest BCUT2D eigenvalue weighted by molar-refractivity contribution is 7.98. The number of hydrogen-bond donors (Lipinski definition) is 1. The molecule has 1 aliphatic rings. The lowest BCUT2D eigenvalue weighted by Gasteiger charge is -2.10. The number of ether oxygens (including phenoxy) is 1. The number of thioether (sulfide) groups is 1. The van der Waals surface area contributed by atoms with Gasteiger partial charge in [-0.3, -0.25) is 0 Å². The smallest absolute Gasteiger partial charge is 0.127 e. The van der Waals surface area contributed by atoms with Gasteiger partial charge in [-0.05, 0) is 49.1 Å². The summed E-state index contributed by atoms with van der Waals surface area (Å²) in [5.74, 6) is 2.35. The fraction of sp³-hybridized carbons (Fsp3) is 0.625. The third-order valence-corrected chi connectivity index (χ3v) is 4.51. The quantitative estimate of drug-likeness (QED) is 0.687. The van der Waals surface area contributed by atoms with Crippen molar-refractivity contribution in [1.82, 2.24) is 5.32 Å². The molecular weight excluding hydrogens is 290 g/mol. The van der Waals surface area contributed by atoms with E-state index in [2.05, 4.69) is 11.6 Å². The first-order valence-corrected chi connectivity index (χ1v) is 9.22. The molecule has 20 heavy (non-hydrogen) atoms. The highest BCUT2D eigenvalue weighted by atomic mass is 35.5. The SMILES string of the molecule is CSCCCCCCNCc1cc(Cl)cc2c1OCC2. The molecule has 0 unspecified atom stereocenters. The Kier molecular flexibility index (Phi) is 7.05. The van der Waals surface area contributed by atoms with Gasteiger partial charge in [-0.1, -0.05) is 24.4 Å². The first-order valence-electron chi connectivity index (χ1n) is 7.45. The van der Waals surface area contributed by atoms with Crippen LogP contribution in [0.4, 0.5) is 0 Å². The van der Waals surface area contributed by atoms with E-state index in [1.807, 2.05) is 23.9 Å². The van der Waals surface area contributed by atoms with Gasteiger partial charge in [0, 0.05) is 23.6 Å². The molecular formula is C16H24ClNOS. The molecule has 0 saturated heterocycles. The van der Waals surface area contributed by atoms with Gasteiger partial charge < -0.3 is 10.1 Å². The minimum Gasteiger partial charge on any atom is -0.493 e. The fourth-order valence-corrected chi connectivity index (χ4v) is 3.31. The summed E-state index contributed by atoms with van der Waals surface area (Å²) < 4.78 is 5.71. The van der Waals surface area contributed by atoms with Gasteiger partial charge in [0.25, 0.3) is 0 Å². The van der Waals surface area contributed by atoms with Crippen molar-refractivity contribution < 1.29 is 4.74 Å². The van der Waals surface area contributed by atoms with E-state index < -0.39 is 0 Å². The molecule has 2 nitrogen and oxygen atoms in total. The number of nitrogens with one attached hydrogen (secondary N) is 1. The van der Waals surface area contributed by atoms with E-state index in [-0.39, 0.29) is 0 Å². The Bertz CT molecular complexity index is 425. The maximum absolute atomic E-state index is 6.15. The predicted octanol–water partition coefficient (Wildman–Crippen LogP) is 4.29. The van der Waals surface area contributed by atoms with Crippen LogP contribution >= 0.6 is 23.4 Å². The largest absolute Gasteiger partial charge is 0.493 e. The van der Waals surface area contributed by atoms with E-state index in [0.717, 1.165) is 36.9 Å². The summed E-state index contributed by atoms with van der Waals surface area (Å²) >= 11 is 8.09. The number of fused-ring (bicyclic) bond motifs is 1. The number of hydrogen-bond acceptors (Lipinski definition) is 3. The summed E-state index contributed by atoms with van der Waals surface area (Å²) in [6, 6.07) is 4.05. The topological polar surface area (TPSA) is 21.3 Å². The predicted molar refractivity (Wildman–Crippen MR) is 89.2 cm³/mol. The molecule has 1 aliphatic heterocycles. The molecule has 1 aromatic rings. The van der Waals surface area contributed by atoms with Crippen LogP contribution in [0.25, 0.3) is 0 Å². The molecule has 0 atom stereocenters. The zero-order valence-corrected chi connectivity index (χ0v) is 13.8. The fourth-order valence-electron chi connectivity index (χ4n) is 2.55. The Labute approximate surface area is 131 Å². The Balaban J connectivity index is 1.67. The number of unbranched alkanes of at least 4 members (excludes halogenated alkanes) is 3. The molecule has 0 saturated carbocycles. The Morgan fingerprint density at radius 2 is 2.10 bits per heavy atom. The molecule has 0 bridgehead atoms. The standard InChI is InChI=1S/C16H24ClNOS/c1-20-9-5-3-2-4-7-18-12-14-11-15(17)10-13-6-8-19-16(13)14/h10-11,18H,2-9,12H2,1H3. The highest BCUT2D eigenvalue weighted by Gasteiger charge is 2.16. The third-order valence-electron chi connectivity index (χ3n) is 3.59. The molecule has 0 fully saturated rings. The molecule has 112 valence electrons. The monoisotopic (exact) mass is 313 g/mol. The first-order chi connectivity index (χ1) is 9.81. The van der Waals surface area contributed by atoms with E-state index in [9.17, 15) is 0 Å². The van der Waals surface area contributed by atoms with Crippen LogP contribution in [-0.4, -0.2) is 25.2 Å². The summed E-state index contributed by atoms with van der Waals surface area (Å²) in [7, 11) is 0. The average molecular weight is 314 g/mol. The summed E-state index contributed by atoms with van der Waals surface area (Å²) in [6.07, 6.45) is 8.41. The Morgan fingerprint density at radius 3 is 2.95 bits per heavy atom. The minimum absolute atomic E-state index is 0.790. The zero-order chi connectivity index (χ0) is 14.2. The number of rotatable bonds is 9. The van der Waals surface area contributed by atoms with Crippen molar-refractivity contribution in [2.45, 2.75) is 38.6 Å². The van der Waals surface area contributed by atoms with E-state index in [1.54, 1.807) is 0 Å². The summed E-state index contributed by atoms with van der Waals surface area (Å²) in [6.45, 7) is 2.71. The van der Waals surface area contributed by atoms with E-state index in [0.29, 0.717) is 0 Å². The van der Waals surface area contributed by atoms with E-state index in [4.69, 9.17) is 16.3 Å². The Hall–Kier alpha value is -0.380. The van der Waals surface area contributed by atoms with Crippen molar-refractivity contribution in [1.29, 1.82) is 0 Å². The van der Waals surface area contributed by atoms with E-state index >= 15 is 0 Å². The van der Waals surface area contributed by atoms with Crippen LogP contribution in [0, 0.1) is 0 Å². The van der Waals surface area contributed by atoms with Crippen LogP contribution in [0.5, 0.6) is 5.75 Å². The van der Waals surface area contributed by atoms with Crippen LogP contribution in [0.3, 0.4) is 0 Å². The summed E-state index contributed by atoms with van der Waals surface area (Å²) in [5, 5.41) is 4.33. The maximum Gasteiger partial charge on any atom is 0.127 e. The second-order valence-corrected chi connectivity index (χ2v) is 6.66. The molecule has 0 spiro atoms. The van der Waals surface area contributed by atoms with Gasteiger partial charge in [0.15, 0.2) is 0 Å². The van der Waals surface area contributed by atoms with Crippen LogP contribution in [0.15, 0.2) is 12.1 Å². The normalized spacial score (nSPS) is 13.3. The minimum atomic E-state index is 0.790. The zero-order valence-electron chi connectivity index (χ0n) is 12.2. The van der Waals surface area contributed by atoms with Crippen molar-refractivity contribution in [3.63, 3.8) is 0 Å². The van der Waals surface area contributed by atoms with Crippen molar-refractivity contribution in [3.05, 3.63) is 28.3 Å². The summed E-state index contributed by atoms with van der Waals surface area (Å²) in [4.78, 5) is 0. The second kappa shape index (κ2) is 8.81.